The Morgan fingerprint density at radius 3 is 2.39 bits per heavy atom. The lowest BCUT2D eigenvalue weighted by molar-refractivity contribution is -0.105. The first-order valence-electron chi connectivity index (χ1n) is 5.53. The van der Waals surface area contributed by atoms with Crippen molar-refractivity contribution in [1.82, 2.24) is 5.48 Å². The quantitative estimate of drug-likeness (QED) is 0.383. The molecule has 3 N–H and O–H groups in total. The number of carbonyl (C=O) groups is 1. The Morgan fingerprint density at radius 1 is 1.28 bits per heavy atom. The van der Waals surface area contributed by atoms with Crippen molar-refractivity contribution in [2.45, 2.75) is 6.92 Å². The smallest absolute Gasteiger partial charge is 0.211 e. The van der Waals surface area contributed by atoms with Gasteiger partial charge in [0, 0.05) is 18.4 Å². The van der Waals surface area contributed by atoms with Gasteiger partial charge < -0.3 is 15.5 Å². The largest absolute Gasteiger partial charge is 0.400 e. The Labute approximate surface area is 111 Å². The molecule has 0 aliphatic carbocycles. The lowest BCUT2D eigenvalue weighted by Gasteiger charge is -2.08. The first-order chi connectivity index (χ1) is 8.80. The molecule has 0 heterocycles. The minimum Gasteiger partial charge on any atom is -0.400 e. The van der Waals surface area contributed by atoms with Crippen LogP contribution in [0.5, 0.6) is 0 Å². The van der Waals surface area contributed by atoms with Crippen LogP contribution in [-0.4, -0.2) is 19.2 Å². The van der Waals surface area contributed by atoms with E-state index in [-0.39, 0.29) is 0 Å². The van der Waals surface area contributed by atoms with Crippen LogP contribution in [-0.2, 0) is 9.63 Å². The number of nitrogens with one attached hydrogen (secondary N) is 3. The van der Waals surface area contributed by atoms with Gasteiger partial charge in [0.15, 0.2) is 5.09 Å². The molecular formula is C12H17N3O2S. The maximum atomic E-state index is 10.3. The fourth-order valence-corrected chi connectivity index (χ4v) is 1.79. The van der Waals surface area contributed by atoms with Gasteiger partial charge in [-0.1, -0.05) is 18.7 Å². The summed E-state index contributed by atoms with van der Waals surface area (Å²) in [5.41, 5.74) is 4.31. The fraction of sp³-hybridized carbons (Fsp3) is 0.250. The lowest BCUT2D eigenvalue weighted by atomic mass is 10.3. The maximum Gasteiger partial charge on any atom is 0.211 e. The molecule has 0 radical (unpaired) electrons. The van der Waals surface area contributed by atoms with E-state index in [2.05, 4.69) is 23.0 Å². The van der Waals surface area contributed by atoms with E-state index in [0.717, 1.165) is 22.2 Å². The van der Waals surface area contributed by atoms with Gasteiger partial charge in [0.2, 0.25) is 6.41 Å². The van der Waals surface area contributed by atoms with Crippen molar-refractivity contribution in [3.8, 4) is 0 Å². The van der Waals surface area contributed by atoms with E-state index < -0.39 is 0 Å². The highest BCUT2D eigenvalue weighted by molar-refractivity contribution is 8.02. The lowest BCUT2D eigenvalue weighted by Crippen LogP contribution is -2.06. The van der Waals surface area contributed by atoms with E-state index >= 15 is 0 Å². The zero-order chi connectivity index (χ0) is 13.2. The predicted molar refractivity (Wildman–Crippen MR) is 76.1 cm³/mol. The third-order valence-electron chi connectivity index (χ3n) is 1.96. The standard InChI is InChI=1S/C12H17N3O2S/c1-3-18-12(17-13-2)8-14-10-4-6-11(7-5-10)15-9-16/h4-9,13-14H,3H2,1-2H3,(H,15,16)/b12-8+. The number of rotatable bonds is 8. The van der Waals surface area contributed by atoms with Crippen LogP contribution in [0.25, 0.3) is 0 Å². The van der Waals surface area contributed by atoms with E-state index in [1.165, 1.54) is 0 Å². The summed E-state index contributed by atoms with van der Waals surface area (Å²) in [6.07, 6.45) is 2.44. The van der Waals surface area contributed by atoms with Crippen LogP contribution in [0.15, 0.2) is 35.6 Å². The van der Waals surface area contributed by atoms with Crippen molar-refractivity contribution < 1.29 is 9.63 Å². The molecule has 0 aliphatic heterocycles. The Balaban J connectivity index is 2.59. The molecule has 1 rings (SSSR count). The second-order valence-electron chi connectivity index (χ2n) is 3.19. The normalized spacial score (nSPS) is 10.9. The van der Waals surface area contributed by atoms with E-state index in [4.69, 9.17) is 4.84 Å². The molecule has 1 amide bonds. The number of thioether (sulfide) groups is 1. The van der Waals surface area contributed by atoms with Gasteiger partial charge in [-0.2, -0.15) is 5.48 Å². The second-order valence-corrected chi connectivity index (χ2v) is 4.45. The Morgan fingerprint density at radius 2 is 1.89 bits per heavy atom. The van der Waals surface area contributed by atoms with Gasteiger partial charge in [0.25, 0.3) is 0 Å². The molecule has 0 aromatic heterocycles. The number of anilines is 2. The van der Waals surface area contributed by atoms with Crippen LogP contribution in [0.2, 0.25) is 0 Å². The van der Waals surface area contributed by atoms with Crippen molar-refractivity contribution in [2.75, 3.05) is 23.4 Å². The number of carbonyl (C=O) groups excluding carboxylic acids is 1. The number of hydroxylamine groups is 1. The number of hydrogen-bond donors (Lipinski definition) is 3. The average Bonchev–Trinajstić information content (AvgIpc) is 2.38. The molecule has 0 saturated heterocycles. The molecule has 0 atom stereocenters. The summed E-state index contributed by atoms with van der Waals surface area (Å²) in [6, 6.07) is 7.37. The van der Waals surface area contributed by atoms with E-state index in [1.54, 1.807) is 25.0 Å². The molecule has 0 spiro atoms. The maximum absolute atomic E-state index is 10.3. The highest BCUT2D eigenvalue weighted by Crippen LogP contribution is 2.17. The molecule has 0 saturated carbocycles. The number of amides is 1. The zero-order valence-electron chi connectivity index (χ0n) is 10.4. The van der Waals surface area contributed by atoms with E-state index in [9.17, 15) is 4.79 Å². The molecule has 0 aliphatic rings. The predicted octanol–water partition coefficient (Wildman–Crippen LogP) is 2.37. The van der Waals surface area contributed by atoms with Crippen molar-refractivity contribution in [1.29, 1.82) is 0 Å². The monoisotopic (exact) mass is 267 g/mol. The zero-order valence-corrected chi connectivity index (χ0v) is 11.2. The summed E-state index contributed by atoms with van der Waals surface area (Å²) in [4.78, 5) is 15.5. The topological polar surface area (TPSA) is 62.4 Å². The molecule has 0 bridgehead atoms. The molecule has 0 unspecified atom stereocenters. The van der Waals surface area contributed by atoms with Crippen molar-refractivity contribution >= 4 is 29.5 Å². The van der Waals surface area contributed by atoms with Crippen LogP contribution in [0, 0.1) is 0 Å². The van der Waals surface area contributed by atoms with Crippen molar-refractivity contribution in [3.63, 3.8) is 0 Å². The third kappa shape index (κ3) is 5.11. The van der Waals surface area contributed by atoms with Crippen LogP contribution in [0.3, 0.4) is 0 Å². The molecule has 18 heavy (non-hydrogen) atoms. The molecule has 5 nitrogen and oxygen atoms in total. The third-order valence-corrected chi connectivity index (χ3v) is 2.73. The highest BCUT2D eigenvalue weighted by atomic mass is 32.2. The second kappa shape index (κ2) is 8.43. The summed E-state index contributed by atoms with van der Waals surface area (Å²) in [5, 5.41) is 6.46. The highest BCUT2D eigenvalue weighted by Gasteiger charge is 1.97. The number of benzene rings is 1. The Kier molecular flexibility index (Phi) is 6.75. The Hall–Kier alpha value is -1.66. The van der Waals surface area contributed by atoms with Gasteiger partial charge in [-0.15, -0.1) is 0 Å². The van der Waals surface area contributed by atoms with Crippen LogP contribution < -0.4 is 16.1 Å². The van der Waals surface area contributed by atoms with E-state index in [0.29, 0.717) is 6.41 Å². The molecule has 0 fully saturated rings. The summed E-state index contributed by atoms with van der Waals surface area (Å²) in [7, 11) is 1.71. The minimum absolute atomic E-state index is 0.652. The van der Waals surface area contributed by atoms with Gasteiger partial charge in [-0.3, -0.25) is 4.79 Å². The summed E-state index contributed by atoms with van der Waals surface area (Å²) in [5.74, 6) is 0.928. The fourth-order valence-electron chi connectivity index (χ4n) is 1.22. The first-order valence-corrected chi connectivity index (χ1v) is 6.52. The van der Waals surface area contributed by atoms with Gasteiger partial charge in [-0.05, 0) is 30.0 Å². The SMILES string of the molecule is CCS/C(=C/Nc1ccc(NC=O)cc1)ONC. The average molecular weight is 267 g/mol. The van der Waals surface area contributed by atoms with E-state index in [1.807, 2.05) is 24.3 Å². The van der Waals surface area contributed by atoms with Gasteiger partial charge in [0.1, 0.15) is 0 Å². The van der Waals surface area contributed by atoms with Crippen LogP contribution >= 0.6 is 11.8 Å². The van der Waals surface area contributed by atoms with Gasteiger partial charge in [0.05, 0.1) is 6.20 Å². The van der Waals surface area contributed by atoms with Crippen molar-refractivity contribution in [2.24, 2.45) is 0 Å². The van der Waals surface area contributed by atoms with Gasteiger partial charge >= 0.3 is 0 Å². The van der Waals surface area contributed by atoms with Crippen LogP contribution in [0.4, 0.5) is 11.4 Å². The number of hydrogen-bond acceptors (Lipinski definition) is 5. The first kappa shape index (κ1) is 14.4. The minimum atomic E-state index is 0.652. The molecule has 98 valence electrons. The van der Waals surface area contributed by atoms with Crippen molar-refractivity contribution in [3.05, 3.63) is 35.6 Å². The molecular weight excluding hydrogens is 250 g/mol. The van der Waals surface area contributed by atoms with Gasteiger partial charge in [-0.25, -0.2) is 0 Å². The summed E-state index contributed by atoms with van der Waals surface area (Å²) >= 11 is 1.59. The summed E-state index contributed by atoms with van der Waals surface area (Å²) in [6.45, 7) is 2.05. The molecule has 6 heteroatoms. The summed E-state index contributed by atoms with van der Waals surface area (Å²) < 4.78 is 0. The Bertz CT molecular complexity index is 385. The molecule has 1 aromatic carbocycles. The molecule has 1 aromatic rings. The van der Waals surface area contributed by atoms with Crippen LogP contribution in [0.1, 0.15) is 6.92 Å².